The maximum absolute atomic E-state index is 11.7. The molecule has 0 spiro atoms. The van der Waals surface area contributed by atoms with E-state index in [1.807, 2.05) is 19.1 Å². The lowest BCUT2D eigenvalue weighted by Gasteiger charge is -2.03. The molecule has 1 N–H and O–H groups in total. The molecule has 2 rings (SSSR count). The van der Waals surface area contributed by atoms with E-state index in [9.17, 15) is 4.79 Å². The van der Waals surface area contributed by atoms with Crippen LogP contribution in [0.3, 0.4) is 0 Å². The van der Waals surface area contributed by atoms with Crippen LogP contribution in [-0.2, 0) is 0 Å². The largest absolute Gasteiger partial charge is 0.352 e. The number of rotatable bonds is 3. The van der Waals surface area contributed by atoms with Gasteiger partial charge in [-0.2, -0.15) is 0 Å². The number of carbonyl (C=O) groups is 1. The second-order valence-corrected chi connectivity index (χ2v) is 3.53. The third kappa shape index (κ3) is 2.16. The first-order valence-corrected chi connectivity index (χ1v) is 5.30. The fourth-order valence-electron chi connectivity index (χ4n) is 1.43. The summed E-state index contributed by atoms with van der Waals surface area (Å²) in [5.41, 5.74) is 1.24. The SMILES string of the molecule is CCCNC(=O)c1cnc2ncccc2c1. The Balaban J connectivity index is 2.28. The molecule has 0 aliphatic carbocycles. The van der Waals surface area contributed by atoms with E-state index in [-0.39, 0.29) is 5.91 Å². The van der Waals surface area contributed by atoms with E-state index in [1.165, 1.54) is 0 Å². The molecule has 16 heavy (non-hydrogen) atoms. The van der Waals surface area contributed by atoms with Gasteiger partial charge in [0.15, 0.2) is 5.65 Å². The van der Waals surface area contributed by atoms with Crippen LogP contribution in [0.4, 0.5) is 0 Å². The van der Waals surface area contributed by atoms with Gasteiger partial charge in [-0.15, -0.1) is 0 Å². The van der Waals surface area contributed by atoms with Gasteiger partial charge in [0.05, 0.1) is 5.56 Å². The molecule has 82 valence electrons. The number of nitrogens with one attached hydrogen (secondary N) is 1. The topological polar surface area (TPSA) is 54.9 Å². The fourth-order valence-corrected chi connectivity index (χ4v) is 1.43. The highest BCUT2D eigenvalue weighted by molar-refractivity contribution is 5.96. The minimum absolute atomic E-state index is 0.0832. The van der Waals surface area contributed by atoms with E-state index in [0.29, 0.717) is 17.8 Å². The first-order valence-electron chi connectivity index (χ1n) is 5.30. The minimum Gasteiger partial charge on any atom is -0.352 e. The van der Waals surface area contributed by atoms with Crippen molar-refractivity contribution >= 4 is 16.9 Å². The molecule has 0 aliphatic heterocycles. The molecule has 4 heteroatoms. The monoisotopic (exact) mass is 215 g/mol. The standard InChI is InChI=1S/C12H13N3O/c1-2-5-14-12(16)10-7-9-4-3-6-13-11(9)15-8-10/h3-4,6-8H,2,5H2,1H3,(H,14,16). The number of hydrogen-bond donors (Lipinski definition) is 1. The second kappa shape index (κ2) is 4.70. The molecule has 2 heterocycles. The summed E-state index contributed by atoms with van der Waals surface area (Å²) in [7, 11) is 0. The van der Waals surface area contributed by atoms with Crippen molar-refractivity contribution in [2.75, 3.05) is 6.54 Å². The molecule has 0 aliphatic rings. The number of pyridine rings is 2. The zero-order valence-electron chi connectivity index (χ0n) is 9.10. The van der Waals surface area contributed by atoms with Gasteiger partial charge in [0, 0.05) is 24.3 Å². The summed E-state index contributed by atoms with van der Waals surface area (Å²) >= 11 is 0. The molecule has 0 unspecified atom stereocenters. The summed E-state index contributed by atoms with van der Waals surface area (Å²) in [6.45, 7) is 2.70. The summed E-state index contributed by atoms with van der Waals surface area (Å²) < 4.78 is 0. The Hall–Kier alpha value is -1.97. The lowest BCUT2D eigenvalue weighted by molar-refractivity contribution is 0.0953. The first-order chi connectivity index (χ1) is 7.81. The van der Waals surface area contributed by atoms with E-state index in [0.717, 1.165) is 11.8 Å². The molecule has 0 fully saturated rings. The Kier molecular flexibility index (Phi) is 3.10. The Morgan fingerprint density at radius 2 is 2.31 bits per heavy atom. The molecule has 0 saturated heterocycles. The Morgan fingerprint density at radius 1 is 1.44 bits per heavy atom. The van der Waals surface area contributed by atoms with Gasteiger partial charge in [0.2, 0.25) is 0 Å². The van der Waals surface area contributed by atoms with E-state index in [4.69, 9.17) is 0 Å². The summed E-state index contributed by atoms with van der Waals surface area (Å²) in [4.78, 5) is 19.9. The number of nitrogens with zero attached hydrogens (tertiary/aromatic N) is 2. The van der Waals surface area contributed by atoms with Crippen molar-refractivity contribution in [2.24, 2.45) is 0 Å². The van der Waals surface area contributed by atoms with Crippen LogP contribution in [0.25, 0.3) is 11.0 Å². The van der Waals surface area contributed by atoms with Gasteiger partial charge >= 0.3 is 0 Å². The maximum Gasteiger partial charge on any atom is 0.252 e. The van der Waals surface area contributed by atoms with Crippen LogP contribution < -0.4 is 5.32 Å². The zero-order chi connectivity index (χ0) is 11.4. The van der Waals surface area contributed by atoms with Gasteiger partial charge < -0.3 is 5.32 Å². The normalized spacial score (nSPS) is 10.3. The van der Waals surface area contributed by atoms with Crippen molar-refractivity contribution < 1.29 is 4.79 Å². The number of carbonyl (C=O) groups excluding carboxylic acids is 1. The predicted octanol–water partition coefficient (Wildman–Crippen LogP) is 1.77. The van der Waals surface area contributed by atoms with E-state index in [2.05, 4.69) is 15.3 Å². The molecule has 4 nitrogen and oxygen atoms in total. The summed E-state index contributed by atoms with van der Waals surface area (Å²) in [6.07, 6.45) is 4.17. The minimum atomic E-state index is -0.0832. The lowest BCUT2D eigenvalue weighted by Crippen LogP contribution is -2.24. The molecular formula is C12H13N3O. The smallest absolute Gasteiger partial charge is 0.252 e. The van der Waals surface area contributed by atoms with Crippen molar-refractivity contribution in [3.63, 3.8) is 0 Å². The van der Waals surface area contributed by atoms with Gasteiger partial charge in [-0.25, -0.2) is 9.97 Å². The molecule has 0 bridgehead atoms. The lowest BCUT2D eigenvalue weighted by atomic mass is 10.2. The third-order valence-electron chi connectivity index (χ3n) is 2.25. The molecule has 0 aromatic carbocycles. The van der Waals surface area contributed by atoms with Crippen molar-refractivity contribution in [3.05, 3.63) is 36.2 Å². The fraction of sp³-hybridized carbons (Fsp3) is 0.250. The Labute approximate surface area is 93.7 Å². The van der Waals surface area contributed by atoms with Gasteiger partial charge in [-0.3, -0.25) is 4.79 Å². The number of fused-ring (bicyclic) bond motifs is 1. The second-order valence-electron chi connectivity index (χ2n) is 3.53. The van der Waals surface area contributed by atoms with Crippen LogP contribution in [0.15, 0.2) is 30.6 Å². The quantitative estimate of drug-likeness (QED) is 0.848. The van der Waals surface area contributed by atoms with Gasteiger partial charge in [0.25, 0.3) is 5.91 Å². The highest BCUT2D eigenvalue weighted by Crippen LogP contribution is 2.09. The molecule has 2 aromatic heterocycles. The highest BCUT2D eigenvalue weighted by atomic mass is 16.1. The van der Waals surface area contributed by atoms with Crippen LogP contribution >= 0.6 is 0 Å². The first kappa shape index (κ1) is 10.5. The molecular weight excluding hydrogens is 202 g/mol. The average molecular weight is 215 g/mol. The van der Waals surface area contributed by atoms with Crippen LogP contribution in [0, 0.1) is 0 Å². The van der Waals surface area contributed by atoms with Gasteiger partial charge in [-0.05, 0) is 24.6 Å². The Morgan fingerprint density at radius 3 is 3.12 bits per heavy atom. The molecule has 1 amide bonds. The number of amides is 1. The van der Waals surface area contributed by atoms with Gasteiger partial charge in [0.1, 0.15) is 0 Å². The number of aromatic nitrogens is 2. The highest BCUT2D eigenvalue weighted by Gasteiger charge is 2.06. The number of hydrogen-bond acceptors (Lipinski definition) is 3. The van der Waals surface area contributed by atoms with Crippen LogP contribution in [0.1, 0.15) is 23.7 Å². The van der Waals surface area contributed by atoms with Crippen LogP contribution in [0.5, 0.6) is 0 Å². The van der Waals surface area contributed by atoms with Gasteiger partial charge in [-0.1, -0.05) is 6.92 Å². The Bertz CT molecular complexity index is 510. The third-order valence-corrected chi connectivity index (χ3v) is 2.25. The van der Waals surface area contributed by atoms with E-state index < -0.39 is 0 Å². The molecule has 0 radical (unpaired) electrons. The molecule has 0 atom stereocenters. The molecule has 0 saturated carbocycles. The summed E-state index contributed by atoms with van der Waals surface area (Å²) in [5, 5.41) is 3.70. The predicted molar refractivity (Wildman–Crippen MR) is 62.2 cm³/mol. The van der Waals surface area contributed by atoms with Crippen LogP contribution in [0.2, 0.25) is 0 Å². The van der Waals surface area contributed by atoms with E-state index >= 15 is 0 Å². The van der Waals surface area contributed by atoms with Crippen molar-refractivity contribution in [2.45, 2.75) is 13.3 Å². The van der Waals surface area contributed by atoms with Crippen molar-refractivity contribution in [1.29, 1.82) is 0 Å². The van der Waals surface area contributed by atoms with Crippen molar-refractivity contribution in [1.82, 2.24) is 15.3 Å². The van der Waals surface area contributed by atoms with E-state index in [1.54, 1.807) is 18.5 Å². The van der Waals surface area contributed by atoms with Crippen molar-refractivity contribution in [3.8, 4) is 0 Å². The average Bonchev–Trinajstić information content (AvgIpc) is 2.35. The zero-order valence-corrected chi connectivity index (χ0v) is 9.10. The molecule has 2 aromatic rings. The summed E-state index contributed by atoms with van der Waals surface area (Å²) in [6, 6.07) is 5.53. The maximum atomic E-state index is 11.7. The summed E-state index contributed by atoms with van der Waals surface area (Å²) in [5.74, 6) is -0.0832. The van der Waals surface area contributed by atoms with Crippen LogP contribution in [-0.4, -0.2) is 22.4 Å².